The molecule has 0 fully saturated rings. The number of halogens is 1. The quantitative estimate of drug-likeness (QED) is 0.369. The summed E-state index contributed by atoms with van der Waals surface area (Å²) in [4.78, 5) is 30.1. The number of nitrogens with zero attached hydrogens (tertiary/aromatic N) is 3. The van der Waals surface area contributed by atoms with E-state index in [1.807, 2.05) is 0 Å². The predicted molar refractivity (Wildman–Crippen MR) is 86.5 cm³/mol. The normalized spacial score (nSPS) is 10.2. The molecule has 0 spiro atoms. The zero-order valence-corrected chi connectivity index (χ0v) is 13.2. The highest BCUT2D eigenvalue weighted by atomic mass is 19.1. The van der Waals surface area contributed by atoms with E-state index in [4.69, 9.17) is 4.74 Å². The van der Waals surface area contributed by atoms with Gasteiger partial charge in [0.2, 0.25) is 11.6 Å². The first-order valence-corrected chi connectivity index (χ1v) is 7.07. The highest BCUT2D eigenvalue weighted by molar-refractivity contribution is 5.95. The van der Waals surface area contributed by atoms with E-state index in [0.29, 0.717) is 13.2 Å². The molecule has 0 aliphatic carbocycles. The molecule has 1 aromatic heterocycles. The number of hydrogen-bond donors (Lipinski definition) is 3. The van der Waals surface area contributed by atoms with Gasteiger partial charge in [0, 0.05) is 19.2 Å². The number of carbonyl (C=O) groups excluding carboxylic acids is 1. The third-order valence-electron chi connectivity index (χ3n) is 3.00. The Balaban J connectivity index is 2.12. The van der Waals surface area contributed by atoms with Gasteiger partial charge in [-0.25, -0.2) is 14.4 Å². The first kappa shape index (κ1) is 18.0. The second-order valence-corrected chi connectivity index (χ2v) is 4.68. The molecule has 10 nitrogen and oxygen atoms in total. The zero-order valence-electron chi connectivity index (χ0n) is 13.2. The topological polar surface area (TPSA) is 131 Å². The maximum Gasteiger partial charge on any atom is 0.354 e. The van der Waals surface area contributed by atoms with Crippen molar-refractivity contribution in [2.75, 3.05) is 31.0 Å². The van der Waals surface area contributed by atoms with Gasteiger partial charge in [0.1, 0.15) is 12.1 Å². The lowest BCUT2D eigenvalue weighted by atomic mass is 10.2. The van der Waals surface area contributed by atoms with Gasteiger partial charge >= 0.3 is 5.69 Å². The lowest BCUT2D eigenvalue weighted by Crippen LogP contribution is -2.30. The molecular weight excluding hydrogens is 335 g/mol. The van der Waals surface area contributed by atoms with Crippen molar-refractivity contribution < 1.29 is 18.8 Å². The Kier molecular flexibility index (Phi) is 6.12. The molecule has 1 aromatic carbocycles. The van der Waals surface area contributed by atoms with Gasteiger partial charge in [-0.15, -0.1) is 0 Å². The van der Waals surface area contributed by atoms with Crippen LogP contribution in [-0.2, 0) is 4.74 Å². The maximum absolute atomic E-state index is 12.9. The first-order valence-electron chi connectivity index (χ1n) is 7.07. The number of nitrogens with one attached hydrogen (secondary N) is 3. The van der Waals surface area contributed by atoms with Crippen LogP contribution >= 0.6 is 0 Å². The average Bonchev–Trinajstić information content (AvgIpc) is 2.60. The van der Waals surface area contributed by atoms with Gasteiger partial charge in [0.25, 0.3) is 5.91 Å². The van der Waals surface area contributed by atoms with Gasteiger partial charge in [-0.05, 0) is 24.3 Å². The van der Waals surface area contributed by atoms with E-state index < -0.39 is 22.3 Å². The molecule has 2 aromatic rings. The van der Waals surface area contributed by atoms with Crippen LogP contribution < -0.4 is 16.2 Å². The van der Waals surface area contributed by atoms with Crippen molar-refractivity contribution in [3.05, 3.63) is 52.1 Å². The van der Waals surface area contributed by atoms with Crippen molar-refractivity contribution in [2.45, 2.75) is 0 Å². The van der Waals surface area contributed by atoms with E-state index in [0.717, 1.165) is 18.5 Å². The van der Waals surface area contributed by atoms with Crippen LogP contribution in [0.5, 0.6) is 0 Å². The van der Waals surface area contributed by atoms with E-state index in [1.54, 1.807) is 0 Å². The van der Waals surface area contributed by atoms with Crippen LogP contribution in [0.1, 0.15) is 10.4 Å². The third kappa shape index (κ3) is 4.81. The van der Waals surface area contributed by atoms with Gasteiger partial charge in [0.05, 0.1) is 11.5 Å². The maximum atomic E-state index is 12.9. The Morgan fingerprint density at radius 1 is 1.28 bits per heavy atom. The summed E-state index contributed by atoms with van der Waals surface area (Å²) in [6.45, 7) is 0.626. The minimum absolute atomic E-state index is 0.0180. The number of anilines is 2. The lowest BCUT2D eigenvalue weighted by molar-refractivity contribution is -0.383. The van der Waals surface area contributed by atoms with E-state index in [1.165, 1.54) is 19.2 Å². The van der Waals surface area contributed by atoms with Gasteiger partial charge in [-0.1, -0.05) is 0 Å². The molecule has 2 rings (SSSR count). The Hall–Kier alpha value is -3.34. The standard InChI is InChI=1S/C14H15FN6O4/c1-25-7-6-16-12-11(21(23)24)13(18-8-17-12)19-20-14(22)9-2-4-10(15)5-3-9/h2-5,8H,6-7H2,1H3,(H,20,22)(H2,16,17,18,19). The minimum atomic E-state index is -0.679. The number of ether oxygens (including phenoxy) is 1. The molecule has 11 heteroatoms. The van der Waals surface area contributed by atoms with Crippen LogP contribution in [0.3, 0.4) is 0 Å². The Labute approximate surface area is 141 Å². The second kappa shape index (κ2) is 8.49. The van der Waals surface area contributed by atoms with Crippen LogP contribution in [0.4, 0.5) is 21.7 Å². The van der Waals surface area contributed by atoms with E-state index in [-0.39, 0.29) is 17.2 Å². The van der Waals surface area contributed by atoms with Crippen LogP contribution in [0.2, 0.25) is 0 Å². The zero-order chi connectivity index (χ0) is 18.2. The number of aromatic nitrogens is 2. The van der Waals surface area contributed by atoms with Crippen LogP contribution in [-0.4, -0.2) is 41.1 Å². The lowest BCUT2D eigenvalue weighted by Gasteiger charge is -2.10. The summed E-state index contributed by atoms with van der Waals surface area (Å²) in [6, 6.07) is 4.80. The van der Waals surface area contributed by atoms with Crippen molar-refractivity contribution >= 4 is 23.2 Å². The largest absolute Gasteiger partial charge is 0.383 e. The molecular formula is C14H15FN6O4. The number of nitro groups is 1. The van der Waals surface area contributed by atoms with Crippen molar-refractivity contribution in [1.29, 1.82) is 0 Å². The molecule has 0 unspecified atom stereocenters. The van der Waals surface area contributed by atoms with Crippen molar-refractivity contribution in [2.24, 2.45) is 0 Å². The van der Waals surface area contributed by atoms with E-state index >= 15 is 0 Å². The highest BCUT2D eigenvalue weighted by Gasteiger charge is 2.23. The molecule has 0 atom stereocenters. The number of methoxy groups -OCH3 is 1. The molecule has 0 aliphatic rings. The summed E-state index contributed by atoms with van der Waals surface area (Å²) in [5.41, 5.74) is 4.38. The number of hydrazine groups is 1. The SMILES string of the molecule is COCCNc1ncnc(NNC(=O)c2ccc(F)cc2)c1[N+](=O)[O-]. The summed E-state index contributed by atoms with van der Waals surface area (Å²) in [5.74, 6) is -1.31. The van der Waals surface area contributed by atoms with Crippen molar-refractivity contribution in [3.8, 4) is 0 Å². The molecule has 0 saturated carbocycles. The Morgan fingerprint density at radius 2 is 1.96 bits per heavy atom. The summed E-state index contributed by atoms with van der Waals surface area (Å²) < 4.78 is 17.7. The van der Waals surface area contributed by atoms with Crippen molar-refractivity contribution in [1.82, 2.24) is 15.4 Å². The number of amides is 1. The molecule has 3 N–H and O–H groups in total. The minimum Gasteiger partial charge on any atom is -0.383 e. The monoisotopic (exact) mass is 350 g/mol. The number of benzene rings is 1. The van der Waals surface area contributed by atoms with Gasteiger partial charge < -0.3 is 10.1 Å². The number of hydrogen-bond acceptors (Lipinski definition) is 8. The third-order valence-corrected chi connectivity index (χ3v) is 3.00. The fraction of sp³-hybridized carbons (Fsp3) is 0.214. The van der Waals surface area contributed by atoms with Crippen LogP contribution in [0, 0.1) is 15.9 Å². The molecule has 0 aliphatic heterocycles. The summed E-state index contributed by atoms with van der Waals surface area (Å²) in [5, 5.41) is 14.0. The smallest absolute Gasteiger partial charge is 0.354 e. The van der Waals surface area contributed by atoms with Gasteiger partial charge in [-0.3, -0.25) is 25.8 Å². The molecule has 0 radical (unpaired) electrons. The second-order valence-electron chi connectivity index (χ2n) is 4.68. The van der Waals surface area contributed by atoms with Gasteiger partial charge in [-0.2, -0.15) is 0 Å². The molecule has 132 valence electrons. The fourth-order valence-electron chi connectivity index (χ4n) is 1.83. The van der Waals surface area contributed by atoms with Crippen LogP contribution in [0.15, 0.2) is 30.6 Å². The van der Waals surface area contributed by atoms with Gasteiger partial charge in [0.15, 0.2) is 0 Å². The fourth-order valence-corrected chi connectivity index (χ4v) is 1.83. The first-order chi connectivity index (χ1) is 12.0. The molecule has 1 amide bonds. The molecule has 0 bridgehead atoms. The molecule has 25 heavy (non-hydrogen) atoms. The number of carbonyl (C=O) groups is 1. The van der Waals surface area contributed by atoms with Crippen molar-refractivity contribution in [3.63, 3.8) is 0 Å². The summed E-state index contributed by atoms with van der Waals surface area (Å²) >= 11 is 0. The van der Waals surface area contributed by atoms with E-state index in [9.17, 15) is 19.3 Å². The van der Waals surface area contributed by atoms with E-state index in [2.05, 4.69) is 26.1 Å². The van der Waals surface area contributed by atoms with Crippen LogP contribution in [0.25, 0.3) is 0 Å². The molecule has 1 heterocycles. The summed E-state index contributed by atoms with van der Waals surface area (Å²) in [6.07, 6.45) is 1.11. The Morgan fingerprint density at radius 3 is 2.60 bits per heavy atom. The summed E-state index contributed by atoms with van der Waals surface area (Å²) in [7, 11) is 1.49. The average molecular weight is 350 g/mol. The Bertz CT molecular complexity index is 755. The molecule has 0 saturated heterocycles. The highest BCUT2D eigenvalue weighted by Crippen LogP contribution is 2.28. The predicted octanol–water partition coefficient (Wildman–Crippen LogP) is 1.34. The number of rotatable bonds is 8.